The monoisotopic (exact) mass is 423 g/mol. The maximum atomic E-state index is 13.0. The van der Waals surface area contributed by atoms with E-state index in [4.69, 9.17) is 11.6 Å². The van der Waals surface area contributed by atoms with Gasteiger partial charge in [0.25, 0.3) is 5.78 Å². The van der Waals surface area contributed by atoms with E-state index in [9.17, 15) is 9.18 Å². The lowest BCUT2D eigenvalue weighted by Gasteiger charge is -2.11. The highest BCUT2D eigenvalue weighted by atomic mass is 35.5. The Morgan fingerprint density at radius 1 is 1.10 bits per heavy atom. The lowest BCUT2D eigenvalue weighted by atomic mass is 10.0. The van der Waals surface area contributed by atoms with Crippen LogP contribution in [-0.4, -0.2) is 25.5 Å². The van der Waals surface area contributed by atoms with E-state index in [-0.39, 0.29) is 18.1 Å². The second-order valence-corrected chi connectivity index (χ2v) is 7.41. The molecule has 1 amide bonds. The van der Waals surface area contributed by atoms with Gasteiger partial charge in [-0.15, -0.1) is 5.10 Å². The molecule has 0 saturated heterocycles. The normalized spacial score (nSPS) is 11.1. The Balaban J connectivity index is 1.58. The molecule has 0 atom stereocenters. The van der Waals surface area contributed by atoms with E-state index in [1.54, 1.807) is 4.52 Å². The first-order valence-electron chi connectivity index (χ1n) is 9.41. The third-order valence-corrected chi connectivity index (χ3v) is 5.23. The fourth-order valence-corrected chi connectivity index (χ4v) is 3.50. The van der Waals surface area contributed by atoms with Gasteiger partial charge in [0, 0.05) is 28.5 Å². The van der Waals surface area contributed by atoms with Crippen LogP contribution in [0.2, 0.25) is 5.02 Å². The Labute approximate surface area is 177 Å². The Morgan fingerprint density at radius 2 is 1.83 bits per heavy atom. The van der Waals surface area contributed by atoms with Gasteiger partial charge in [-0.25, -0.2) is 13.9 Å². The second kappa shape index (κ2) is 8.20. The Morgan fingerprint density at radius 3 is 2.57 bits per heavy atom. The number of fused-ring (bicyclic) bond motifs is 1. The molecule has 1 N–H and O–H groups in total. The molecule has 152 valence electrons. The van der Waals surface area contributed by atoms with Gasteiger partial charge in [-0.1, -0.05) is 29.8 Å². The summed E-state index contributed by atoms with van der Waals surface area (Å²) in [6.45, 7) is 3.87. The number of anilines is 1. The van der Waals surface area contributed by atoms with Crippen molar-refractivity contribution < 1.29 is 9.18 Å². The van der Waals surface area contributed by atoms with E-state index in [0.29, 0.717) is 28.7 Å². The molecule has 0 aliphatic carbocycles. The quantitative estimate of drug-likeness (QED) is 0.519. The Bertz CT molecular complexity index is 1240. The smallest absolute Gasteiger partial charge is 0.252 e. The minimum absolute atomic E-state index is 0.0148. The van der Waals surface area contributed by atoms with Crippen molar-refractivity contribution in [2.45, 2.75) is 26.7 Å². The van der Waals surface area contributed by atoms with E-state index in [1.165, 1.54) is 24.3 Å². The number of carbonyl (C=O) groups is 1. The number of aromatic nitrogens is 4. The van der Waals surface area contributed by atoms with Gasteiger partial charge in [0.15, 0.2) is 5.82 Å². The molecule has 0 spiro atoms. The Hall–Kier alpha value is -3.32. The molecule has 0 saturated carbocycles. The van der Waals surface area contributed by atoms with E-state index in [1.807, 2.05) is 38.1 Å². The number of aryl methyl sites for hydroxylation is 2. The summed E-state index contributed by atoms with van der Waals surface area (Å²) in [4.78, 5) is 21.3. The number of hydrogen-bond acceptors (Lipinski definition) is 4. The number of nitrogens with one attached hydrogen (secondary N) is 1. The molecule has 0 bridgehead atoms. The zero-order valence-corrected chi connectivity index (χ0v) is 17.2. The molecular weight excluding hydrogens is 405 g/mol. The topological polar surface area (TPSA) is 72.2 Å². The zero-order chi connectivity index (χ0) is 21.3. The molecule has 30 heavy (non-hydrogen) atoms. The van der Waals surface area contributed by atoms with Crippen molar-refractivity contribution in [3.05, 3.63) is 87.7 Å². The molecular formula is C22H19ClFN5O. The van der Waals surface area contributed by atoms with Gasteiger partial charge >= 0.3 is 0 Å². The highest BCUT2D eigenvalue weighted by Gasteiger charge is 2.16. The lowest BCUT2D eigenvalue weighted by Crippen LogP contribution is -2.15. The number of rotatable bonds is 5. The molecule has 0 aliphatic heterocycles. The van der Waals surface area contributed by atoms with Gasteiger partial charge in [0.05, 0.1) is 6.42 Å². The van der Waals surface area contributed by atoms with Crippen molar-refractivity contribution in [3.8, 4) is 0 Å². The SMILES string of the molecule is Cc1nc2nc(CC(=O)Nc3ccc(F)cc3)nn2c(C)c1Cc1ccccc1Cl. The molecule has 2 aromatic carbocycles. The lowest BCUT2D eigenvalue weighted by molar-refractivity contribution is -0.115. The van der Waals surface area contributed by atoms with Crippen molar-refractivity contribution in [2.24, 2.45) is 0 Å². The number of halogens is 2. The summed E-state index contributed by atoms with van der Waals surface area (Å²) in [6, 6.07) is 13.3. The minimum Gasteiger partial charge on any atom is -0.326 e. The van der Waals surface area contributed by atoms with Crippen LogP contribution in [0.3, 0.4) is 0 Å². The standard InChI is InChI=1S/C22H19ClFN5O/c1-13-18(11-15-5-3-4-6-19(15)23)14(2)29-22(25-13)27-20(28-29)12-21(30)26-17-9-7-16(24)8-10-17/h3-10H,11-12H2,1-2H3,(H,26,30). The number of benzene rings is 2. The van der Waals surface area contributed by atoms with Gasteiger partial charge in [0.1, 0.15) is 5.82 Å². The fourth-order valence-electron chi connectivity index (χ4n) is 3.29. The van der Waals surface area contributed by atoms with E-state index < -0.39 is 0 Å². The van der Waals surface area contributed by atoms with E-state index >= 15 is 0 Å². The van der Waals surface area contributed by atoms with Crippen molar-refractivity contribution in [1.29, 1.82) is 0 Å². The summed E-state index contributed by atoms with van der Waals surface area (Å²) in [5.74, 6) is 0.153. The van der Waals surface area contributed by atoms with Gasteiger partial charge in [-0.3, -0.25) is 4.79 Å². The molecule has 4 rings (SSSR count). The van der Waals surface area contributed by atoms with Crippen LogP contribution in [0.1, 0.15) is 28.3 Å². The molecule has 4 aromatic rings. The number of hydrogen-bond donors (Lipinski definition) is 1. The number of nitrogens with zero attached hydrogens (tertiary/aromatic N) is 4. The second-order valence-electron chi connectivity index (χ2n) is 7.00. The van der Waals surface area contributed by atoms with Gasteiger partial charge < -0.3 is 5.32 Å². The molecule has 0 radical (unpaired) electrons. The maximum absolute atomic E-state index is 13.0. The molecule has 0 aliphatic rings. The summed E-state index contributed by atoms with van der Waals surface area (Å²) in [5.41, 5.74) is 4.27. The third kappa shape index (κ3) is 4.16. The first-order chi connectivity index (χ1) is 14.4. The molecule has 8 heteroatoms. The highest BCUT2D eigenvalue weighted by molar-refractivity contribution is 6.31. The van der Waals surface area contributed by atoms with E-state index in [0.717, 1.165) is 22.5 Å². The summed E-state index contributed by atoms with van der Waals surface area (Å²) in [6.07, 6.45) is 0.611. The van der Waals surface area contributed by atoms with E-state index in [2.05, 4.69) is 20.4 Å². The average molecular weight is 424 g/mol. The summed E-state index contributed by atoms with van der Waals surface area (Å²) < 4.78 is 14.7. The summed E-state index contributed by atoms with van der Waals surface area (Å²) >= 11 is 6.31. The predicted molar refractivity (Wildman–Crippen MR) is 113 cm³/mol. The number of amides is 1. The van der Waals surface area contributed by atoms with Crippen molar-refractivity contribution in [2.75, 3.05) is 5.32 Å². The van der Waals surface area contributed by atoms with Crippen LogP contribution in [-0.2, 0) is 17.6 Å². The molecule has 0 fully saturated rings. The van der Waals surface area contributed by atoms with Crippen molar-refractivity contribution in [1.82, 2.24) is 19.6 Å². The third-order valence-electron chi connectivity index (χ3n) is 4.86. The van der Waals surface area contributed by atoms with Crippen molar-refractivity contribution in [3.63, 3.8) is 0 Å². The van der Waals surface area contributed by atoms with Crippen LogP contribution in [0.15, 0.2) is 48.5 Å². The molecule has 6 nitrogen and oxygen atoms in total. The van der Waals surface area contributed by atoms with Crippen molar-refractivity contribution >= 4 is 29.0 Å². The van der Waals surface area contributed by atoms with Gasteiger partial charge in [-0.2, -0.15) is 4.98 Å². The largest absolute Gasteiger partial charge is 0.326 e. The fraction of sp³-hybridized carbons (Fsp3) is 0.182. The van der Waals surface area contributed by atoms with Crippen LogP contribution in [0.25, 0.3) is 5.78 Å². The first-order valence-corrected chi connectivity index (χ1v) is 9.79. The summed E-state index contributed by atoms with van der Waals surface area (Å²) in [5, 5.41) is 7.87. The van der Waals surface area contributed by atoms with Crippen LogP contribution >= 0.6 is 11.6 Å². The van der Waals surface area contributed by atoms with Crippen LogP contribution in [0.4, 0.5) is 10.1 Å². The molecule has 2 heterocycles. The predicted octanol–water partition coefficient (Wildman–Crippen LogP) is 4.31. The van der Waals surface area contributed by atoms with Crippen LogP contribution in [0, 0.1) is 19.7 Å². The first kappa shape index (κ1) is 20.0. The highest BCUT2D eigenvalue weighted by Crippen LogP contribution is 2.23. The summed E-state index contributed by atoms with van der Waals surface area (Å²) in [7, 11) is 0. The zero-order valence-electron chi connectivity index (χ0n) is 16.5. The van der Waals surface area contributed by atoms with Gasteiger partial charge in [0.2, 0.25) is 5.91 Å². The molecule has 0 unspecified atom stereocenters. The Kier molecular flexibility index (Phi) is 5.46. The molecule has 2 aromatic heterocycles. The minimum atomic E-state index is -0.362. The van der Waals surface area contributed by atoms with Crippen LogP contribution < -0.4 is 5.32 Å². The van der Waals surface area contributed by atoms with Crippen LogP contribution in [0.5, 0.6) is 0 Å². The average Bonchev–Trinajstić information content (AvgIpc) is 3.10. The maximum Gasteiger partial charge on any atom is 0.252 e. The number of carbonyl (C=O) groups excluding carboxylic acids is 1. The van der Waals surface area contributed by atoms with Gasteiger partial charge in [-0.05, 0) is 55.3 Å².